The molecule has 0 amide bonds. The number of ether oxygens (including phenoxy) is 1. The monoisotopic (exact) mass is 249 g/mol. The van der Waals surface area contributed by atoms with Crippen molar-refractivity contribution >= 4 is 0 Å². The zero-order valence-electron chi connectivity index (χ0n) is 10.5. The highest BCUT2D eigenvalue weighted by Crippen LogP contribution is 2.29. The number of rotatable bonds is 4. The van der Waals surface area contributed by atoms with E-state index in [9.17, 15) is 5.11 Å². The van der Waals surface area contributed by atoms with E-state index in [1.54, 1.807) is 19.4 Å². The van der Waals surface area contributed by atoms with Crippen LogP contribution in [0.3, 0.4) is 0 Å². The molecular weight excluding hydrogens is 234 g/mol. The molecule has 96 valence electrons. The summed E-state index contributed by atoms with van der Waals surface area (Å²) in [4.78, 5) is 8.04. The molecule has 2 aromatic heterocycles. The lowest BCUT2D eigenvalue weighted by Crippen LogP contribution is -2.10. The van der Waals surface area contributed by atoms with Crippen molar-refractivity contribution in [3.63, 3.8) is 0 Å². The second kappa shape index (κ2) is 5.14. The minimum Gasteiger partial charge on any atom is -0.505 e. The third-order valence-corrected chi connectivity index (χ3v) is 2.59. The summed E-state index contributed by atoms with van der Waals surface area (Å²) in [6.07, 6.45) is 2.65. The Balaban J connectivity index is 2.34. The maximum absolute atomic E-state index is 9.66. The SMILES string of the molecule is COC(c1noc(-c2ccncc2O)n1)C(C)C. The molecule has 2 aromatic rings. The molecule has 0 aromatic carbocycles. The predicted molar refractivity (Wildman–Crippen MR) is 63.8 cm³/mol. The summed E-state index contributed by atoms with van der Waals surface area (Å²) in [5, 5.41) is 13.5. The first kappa shape index (κ1) is 12.5. The Morgan fingerprint density at radius 2 is 2.17 bits per heavy atom. The van der Waals surface area contributed by atoms with Crippen molar-refractivity contribution in [3.05, 3.63) is 24.3 Å². The third kappa shape index (κ3) is 2.33. The van der Waals surface area contributed by atoms with Crippen LogP contribution in [0.25, 0.3) is 11.5 Å². The Morgan fingerprint density at radius 3 is 2.78 bits per heavy atom. The lowest BCUT2D eigenvalue weighted by Gasteiger charge is -2.14. The van der Waals surface area contributed by atoms with Crippen molar-refractivity contribution in [1.82, 2.24) is 15.1 Å². The van der Waals surface area contributed by atoms with Crippen LogP contribution in [0, 0.1) is 5.92 Å². The number of methoxy groups -OCH3 is 1. The van der Waals surface area contributed by atoms with Crippen LogP contribution in [0.2, 0.25) is 0 Å². The Bertz CT molecular complexity index is 525. The van der Waals surface area contributed by atoms with Gasteiger partial charge in [0.05, 0.1) is 11.8 Å². The molecule has 0 fully saturated rings. The van der Waals surface area contributed by atoms with Gasteiger partial charge in [0, 0.05) is 13.3 Å². The van der Waals surface area contributed by atoms with Gasteiger partial charge in [-0.1, -0.05) is 19.0 Å². The van der Waals surface area contributed by atoms with Gasteiger partial charge in [-0.25, -0.2) is 0 Å². The average molecular weight is 249 g/mol. The summed E-state index contributed by atoms with van der Waals surface area (Å²) in [6, 6.07) is 1.61. The van der Waals surface area contributed by atoms with Gasteiger partial charge in [0.15, 0.2) is 0 Å². The number of aromatic nitrogens is 3. The highest BCUT2D eigenvalue weighted by Gasteiger charge is 2.22. The molecule has 0 aliphatic carbocycles. The van der Waals surface area contributed by atoms with Crippen molar-refractivity contribution in [2.24, 2.45) is 5.92 Å². The molecule has 2 heterocycles. The van der Waals surface area contributed by atoms with Gasteiger partial charge < -0.3 is 14.4 Å². The van der Waals surface area contributed by atoms with Gasteiger partial charge in [0.25, 0.3) is 5.89 Å². The van der Waals surface area contributed by atoms with Crippen molar-refractivity contribution in [3.8, 4) is 17.2 Å². The standard InChI is InChI=1S/C12H15N3O3/c1-7(2)10(17-3)11-14-12(18-15-11)8-4-5-13-6-9(8)16/h4-7,10,16H,1-3H3. The van der Waals surface area contributed by atoms with Crippen LogP contribution in [0.15, 0.2) is 23.0 Å². The van der Waals surface area contributed by atoms with Gasteiger partial charge in [-0.05, 0) is 12.0 Å². The fourth-order valence-corrected chi connectivity index (χ4v) is 1.70. The molecule has 6 heteroatoms. The van der Waals surface area contributed by atoms with Gasteiger partial charge >= 0.3 is 0 Å². The van der Waals surface area contributed by atoms with Crippen molar-refractivity contribution in [2.75, 3.05) is 7.11 Å². The topological polar surface area (TPSA) is 81.3 Å². The van der Waals surface area contributed by atoms with Crippen LogP contribution < -0.4 is 0 Å². The van der Waals surface area contributed by atoms with Crippen molar-refractivity contribution in [1.29, 1.82) is 0 Å². The van der Waals surface area contributed by atoms with E-state index >= 15 is 0 Å². The van der Waals surface area contributed by atoms with Gasteiger partial charge in [0.2, 0.25) is 5.82 Å². The second-order valence-electron chi connectivity index (χ2n) is 4.25. The van der Waals surface area contributed by atoms with Gasteiger partial charge in [-0.2, -0.15) is 4.98 Å². The lowest BCUT2D eigenvalue weighted by atomic mass is 10.1. The second-order valence-corrected chi connectivity index (χ2v) is 4.25. The number of aromatic hydroxyl groups is 1. The van der Waals surface area contributed by atoms with Gasteiger partial charge in [0.1, 0.15) is 11.9 Å². The molecule has 0 bridgehead atoms. The summed E-state index contributed by atoms with van der Waals surface area (Å²) in [5.74, 6) is 0.962. The van der Waals surface area contributed by atoms with Crippen LogP contribution in [-0.4, -0.2) is 27.3 Å². The average Bonchev–Trinajstić information content (AvgIpc) is 2.79. The summed E-state index contributed by atoms with van der Waals surface area (Å²) >= 11 is 0. The van der Waals surface area contributed by atoms with Crippen LogP contribution in [0.4, 0.5) is 0 Å². The molecule has 0 aliphatic heterocycles. The molecule has 0 saturated heterocycles. The fraction of sp³-hybridized carbons (Fsp3) is 0.417. The van der Waals surface area contributed by atoms with Crippen molar-refractivity contribution in [2.45, 2.75) is 20.0 Å². The molecule has 1 atom stereocenters. The Hall–Kier alpha value is -1.95. The molecule has 6 nitrogen and oxygen atoms in total. The maximum atomic E-state index is 9.66. The van der Waals surface area contributed by atoms with E-state index < -0.39 is 0 Å². The van der Waals surface area contributed by atoms with E-state index in [0.717, 1.165) is 0 Å². The van der Waals surface area contributed by atoms with E-state index in [0.29, 0.717) is 11.4 Å². The molecule has 0 aliphatic rings. The van der Waals surface area contributed by atoms with Crippen LogP contribution >= 0.6 is 0 Å². The number of nitrogens with zero attached hydrogens (tertiary/aromatic N) is 3. The summed E-state index contributed by atoms with van der Waals surface area (Å²) < 4.78 is 10.5. The minimum absolute atomic E-state index is 0.00575. The smallest absolute Gasteiger partial charge is 0.261 e. The number of hydrogen-bond donors (Lipinski definition) is 1. The molecule has 1 unspecified atom stereocenters. The summed E-state index contributed by atoms with van der Waals surface area (Å²) in [7, 11) is 1.60. The zero-order valence-corrected chi connectivity index (χ0v) is 10.5. The molecular formula is C12H15N3O3. The normalized spacial score (nSPS) is 12.9. The zero-order chi connectivity index (χ0) is 13.1. The quantitative estimate of drug-likeness (QED) is 0.894. The predicted octanol–water partition coefficient (Wildman–Crippen LogP) is 2.18. The van der Waals surface area contributed by atoms with Gasteiger partial charge in [-0.3, -0.25) is 4.98 Å². The lowest BCUT2D eigenvalue weighted by molar-refractivity contribution is 0.0556. The molecule has 2 rings (SSSR count). The Morgan fingerprint density at radius 1 is 1.39 bits per heavy atom. The first-order valence-corrected chi connectivity index (χ1v) is 5.63. The highest BCUT2D eigenvalue weighted by molar-refractivity contribution is 5.60. The van der Waals surface area contributed by atoms with Crippen molar-refractivity contribution < 1.29 is 14.4 Å². The van der Waals surface area contributed by atoms with Crippen LogP contribution in [0.1, 0.15) is 25.8 Å². The van der Waals surface area contributed by atoms with E-state index in [2.05, 4.69) is 15.1 Å². The van der Waals surface area contributed by atoms with Gasteiger partial charge in [-0.15, -0.1) is 0 Å². The minimum atomic E-state index is -0.230. The van der Waals surface area contributed by atoms with Crippen LogP contribution in [-0.2, 0) is 4.74 Å². The number of hydrogen-bond acceptors (Lipinski definition) is 6. The largest absolute Gasteiger partial charge is 0.505 e. The van der Waals surface area contributed by atoms with E-state index in [4.69, 9.17) is 9.26 Å². The Kier molecular flexibility index (Phi) is 3.57. The molecule has 0 spiro atoms. The molecule has 1 N–H and O–H groups in total. The van der Waals surface area contributed by atoms with E-state index in [1.807, 2.05) is 13.8 Å². The Labute approximate surface area is 105 Å². The summed E-state index contributed by atoms with van der Waals surface area (Å²) in [6.45, 7) is 4.02. The van der Waals surface area contributed by atoms with Crippen LogP contribution in [0.5, 0.6) is 5.75 Å². The van der Waals surface area contributed by atoms with E-state index in [1.165, 1.54) is 6.20 Å². The maximum Gasteiger partial charge on any atom is 0.261 e. The summed E-state index contributed by atoms with van der Waals surface area (Å²) in [5.41, 5.74) is 0.461. The highest BCUT2D eigenvalue weighted by atomic mass is 16.5. The first-order valence-electron chi connectivity index (χ1n) is 5.63. The van der Waals surface area contributed by atoms with E-state index in [-0.39, 0.29) is 23.7 Å². The first-order chi connectivity index (χ1) is 8.63. The third-order valence-electron chi connectivity index (χ3n) is 2.59. The number of pyridine rings is 1. The molecule has 0 radical (unpaired) electrons. The molecule has 0 saturated carbocycles. The molecule has 18 heavy (non-hydrogen) atoms. The fourth-order valence-electron chi connectivity index (χ4n) is 1.70.